The molecule has 1 aromatic heterocycles. The lowest BCUT2D eigenvalue weighted by Gasteiger charge is -2.09. The lowest BCUT2D eigenvalue weighted by Crippen LogP contribution is -2.21. The maximum absolute atomic E-state index is 11.9. The van der Waals surface area contributed by atoms with Crippen LogP contribution in [-0.2, 0) is 4.79 Å². The van der Waals surface area contributed by atoms with Gasteiger partial charge in [-0.2, -0.15) is 0 Å². The summed E-state index contributed by atoms with van der Waals surface area (Å²) in [6.07, 6.45) is 1.23. The van der Waals surface area contributed by atoms with Gasteiger partial charge in [-0.05, 0) is 34.5 Å². The van der Waals surface area contributed by atoms with Crippen molar-refractivity contribution in [2.75, 3.05) is 11.9 Å². The minimum Gasteiger partial charge on any atom is -0.476 e. The van der Waals surface area contributed by atoms with Crippen molar-refractivity contribution < 1.29 is 19.4 Å². The summed E-state index contributed by atoms with van der Waals surface area (Å²) >= 11 is 0. The third-order valence-corrected chi connectivity index (χ3v) is 2.99. The number of rotatable bonds is 6. The second-order valence-electron chi connectivity index (χ2n) is 4.68. The van der Waals surface area contributed by atoms with Crippen LogP contribution in [0.4, 0.5) is 17.2 Å². The van der Waals surface area contributed by atoms with E-state index in [1.165, 1.54) is 36.5 Å². The number of aryl methyl sites for hydroxylation is 1. The number of benzene rings is 1. The Bertz CT molecular complexity index is 808. The lowest BCUT2D eigenvalue weighted by molar-refractivity contribution is -0.390. The zero-order valence-corrected chi connectivity index (χ0v) is 12.5. The van der Waals surface area contributed by atoms with E-state index in [-0.39, 0.29) is 17.1 Å². The number of anilines is 1. The van der Waals surface area contributed by atoms with Gasteiger partial charge in [-0.3, -0.25) is 14.9 Å². The fourth-order valence-electron chi connectivity index (χ4n) is 1.82. The van der Waals surface area contributed by atoms with E-state index in [2.05, 4.69) is 10.3 Å². The molecule has 1 N–H and O–H groups in total. The number of nitrogens with zero attached hydrogens (tertiary/aromatic N) is 3. The van der Waals surface area contributed by atoms with Crippen LogP contribution < -0.4 is 10.1 Å². The SMILES string of the molecule is Cc1ccc([N+](=O)[O-])cc1NC(=O)COc1cccnc1[N+](=O)[O-]. The van der Waals surface area contributed by atoms with Crippen LogP contribution in [-0.4, -0.2) is 27.3 Å². The summed E-state index contributed by atoms with van der Waals surface area (Å²) in [6.45, 7) is 1.17. The normalized spacial score (nSPS) is 10.0. The predicted molar refractivity (Wildman–Crippen MR) is 82.8 cm³/mol. The summed E-state index contributed by atoms with van der Waals surface area (Å²) in [5.41, 5.74) is 0.722. The Hall–Kier alpha value is -3.56. The van der Waals surface area contributed by atoms with Gasteiger partial charge in [-0.1, -0.05) is 6.07 Å². The monoisotopic (exact) mass is 332 g/mol. The molecule has 0 saturated carbocycles. The van der Waals surface area contributed by atoms with Crippen LogP contribution in [0.3, 0.4) is 0 Å². The van der Waals surface area contributed by atoms with Crippen molar-refractivity contribution in [2.45, 2.75) is 6.92 Å². The zero-order valence-electron chi connectivity index (χ0n) is 12.5. The molecule has 2 aromatic rings. The Morgan fingerprint density at radius 3 is 2.67 bits per heavy atom. The Kier molecular flexibility index (Phi) is 5.00. The van der Waals surface area contributed by atoms with E-state index in [1.807, 2.05) is 0 Å². The van der Waals surface area contributed by atoms with Crippen molar-refractivity contribution in [2.24, 2.45) is 0 Å². The van der Waals surface area contributed by atoms with Gasteiger partial charge >= 0.3 is 5.82 Å². The highest BCUT2D eigenvalue weighted by atomic mass is 16.6. The number of hydrogen-bond donors (Lipinski definition) is 1. The fraction of sp³-hybridized carbons (Fsp3) is 0.143. The van der Waals surface area contributed by atoms with Crippen LogP contribution in [0.25, 0.3) is 0 Å². The van der Waals surface area contributed by atoms with Gasteiger partial charge in [0.1, 0.15) is 6.20 Å². The van der Waals surface area contributed by atoms with Gasteiger partial charge in [-0.25, -0.2) is 0 Å². The number of nitro benzene ring substituents is 1. The topological polar surface area (TPSA) is 138 Å². The summed E-state index contributed by atoms with van der Waals surface area (Å²) < 4.78 is 5.10. The summed E-state index contributed by atoms with van der Waals surface area (Å²) in [6, 6.07) is 6.79. The van der Waals surface area contributed by atoms with Crippen LogP contribution in [0.1, 0.15) is 5.56 Å². The van der Waals surface area contributed by atoms with Crippen molar-refractivity contribution in [1.82, 2.24) is 4.98 Å². The summed E-state index contributed by atoms with van der Waals surface area (Å²) in [7, 11) is 0. The third-order valence-electron chi connectivity index (χ3n) is 2.99. The molecule has 1 aromatic carbocycles. The molecule has 0 unspecified atom stereocenters. The molecular formula is C14H12N4O6. The first-order chi connectivity index (χ1) is 11.4. The summed E-state index contributed by atoms with van der Waals surface area (Å²) in [5, 5.41) is 24.0. The summed E-state index contributed by atoms with van der Waals surface area (Å²) in [5.74, 6) is -1.26. The second kappa shape index (κ2) is 7.13. The Morgan fingerprint density at radius 2 is 2.00 bits per heavy atom. The molecule has 2 rings (SSSR count). The van der Waals surface area contributed by atoms with Crippen LogP contribution >= 0.6 is 0 Å². The first kappa shape index (κ1) is 16.8. The molecule has 10 nitrogen and oxygen atoms in total. The van der Waals surface area contributed by atoms with Crippen molar-refractivity contribution in [3.63, 3.8) is 0 Å². The third kappa shape index (κ3) is 4.00. The zero-order chi connectivity index (χ0) is 17.7. The predicted octanol–water partition coefficient (Wildman–Crippen LogP) is 2.22. The number of nitro groups is 2. The Balaban J connectivity index is 2.06. The Morgan fingerprint density at radius 1 is 1.25 bits per heavy atom. The van der Waals surface area contributed by atoms with Crippen molar-refractivity contribution >= 4 is 23.1 Å². The molecule has 124 valence electrons. The van der Waals surface area contributed by atoms with Crippen LogP contribution in [0, 0.1) is 27.2 Å². The highest BCUT2D eigenvalue weighted by Crippen LogP contribution is 2.24. The van der Waals surface area contributed by atoms with Crippen LogP contribution in [0.2, 0.25) is 0 Å². The number of pyridine rings is 1. The number of non-ortho nitro benzene ring substituents is 1. The van der Waals surface area contributed by atoms with E-state index in [9.17, 15) is 25.0 Å². The van der Waals surface area contributed by atoms with Gasteiger partial charge < -0.3 is 20.2 Å². The molecule has 0 aliphatic heterocycles. The van der Waals surface area contributed by atoms with E-state index in [1.54, 1.807) is 6.92 Å². The average molecular weight is 332 g/mol. The number of amides is 1. The molecule has 0 spiro atoms. The molecule has 10 heteroatoms. The van der Waals surface area contributed by atoms with Crippen molar-refractivity contribution in [1.29, 1.82) is 0 Å². The fourth-order valence-corrected chi connectivity index (χ4v) is 1.82. The minimum absolute atomic E-state index is 0.145. The van der Waals surface area contributed by atoms with Crippen molar-refractivity contribution in [3.8, 4) is 5.75 Å². The van der Waals surface area contributed by atoms with Crippen LogP contribution in [0.5, 0.6) is 5.75 Å². The van der Waals surface area contributed by atoms with Gasteiger partial charge in [0.05, 0.1) is 10.6 Å². The first-order valence-corrected chi connectivity index (χ1v) is 6.65. The quantitative estimate of drug-likeness (QED) is 0.632. The highest BCUT2D eigenvalue weighted by molar-refractivity contribution is 5.93. The molecule has 1 amide bonds. The maximum Gasteiger partial charge on any atom is 0.406 e. The van der Waals surface area contributed by atoms with Gasteiger partial charge in [0.15, 0.2) is 6.61 Å². The van der Waals surface area contributed by atoms with Gasteiger partial charge in [0.25, 0.3) is 11.6 Å². The average Bonchev–Trinajstić information content (AvgIpc) is 2.55. The first-order valence-electron chi connectivity index (χ1n) is 6.65. The Labute approximate surface area is 135 Å². The standard InChI is InChI=1S/C14H12N4O6/c1-9-4-5-10(17(20)21)7-11(9)16-13(19)8-24-12-3-2-6-15-14(12)18(22)23/h2-7H,8H2,1H3,(H,16,19). The molecule has 0 saturated heterocycles. The lowest BCUT2D eigenvalue weighted by atomic mass is 10.2. The molecule has 0 bridgehead atoms. The molecule has 0 aliphatic carbocycles. The highest BCUT2D eigenvalue weighted by Gasteiger charge is 2.17. The minimum atomic E-state index is -0.724. The smallest absolute Gasteiger partial charge is 0.406 e. The van der Waals surface area contributed by atoms with Gasteiger partial charge in [0, 0.05) is 12.1 Å². The molecular weight excluding hydrogens is 320 g/mol. The number of nitrogens with one attached hydrogen (secondary N) is 1. The molecule has 1 heterocycles. The van der Waals surface area contributed by atoms with Crippen LogP contribution in [0.15, 0.2) is 36.5 Å². The van der Waals surface area contributed by atoms with Crippen molar-refractivity contribution in [3.05, 3.63) is 62.3 Å². The molecule has 0 aliphatic rings. The summed E-state index contributed by atoms with van der Waals surface area (Å²) in [4.78, 5) is 35.7. The maximum atomic E-state index is 11.9. The van der Waals surface area contributed by atoms with Gasteiger partial charge in [-0.15, -0.1) is 0 Å². The number of carbonyl (C=O) groups excluding carboxylic acids is 1. The number of hydrogen-bond acceptors (Lipinski definition) is 7. The van der Waals surface area contributed by atoms with E-state index in [0.717, 1.165) is 0 Å². The van der Waals surface area contributed by atoms with E-state index in [4.69, 9.17) is 4.74 Å². The van der Waals surface area contributed by atoms with E-state index >= 15 is 0 Å². The molecule has 24 heavy (non-hydrogen) atoms. The number of aromatic nitrogens is 1. The number of ether oxygens (including phenoxy) is 1. The van der Waals surface area contributed by atoms with Gasteiger partial charge in [0.2, 0.25) is 5.75 Å². The molecule has 0 radical (unpaired) electrons. The second-order valence-corrected chi connectivity index (χ2v) is 4.68. The number of carbonyl (C=O) groups is 1. The largest absolute Gasteiger partial charge is 0.476 e. The molecule has 0 fully saturated rings. The molecule has 0 atom stereocenters. The van der Waals surface area contributed by atoms with E-state index < -0.39 is 28.2 Å². The van der Waals surface area contributed by atoms with E-state index in [0.29, 0.717) is 5.56 Å².